The molecule has 0 aliphatic rings. The Morgan fingerprint density at radius 3 is 1.32 bits per heavy atom. The Morgan fingerprint density at radius 2 is 0.720 bits per heavy atom. The molecule has 0 fully saturated rings. The number of hydrogen-bond donors (Lipinski definition) is 0. The maximum atomic E-state index is 9.71. The molecule has 230 valence electrons. The summed E-state index contributed by atoms with van der Waals surface area (Å²) in [6.07, 6.45) is 0. The SMILES string of the molecule is [2H]c1c([2H])c2c([2H])c([2H])c3c([2H])c([2H])c(-c4ccc(-c5ccc(-c6ccccc6)cc5)c(-c5c([2H])c([2H])c6c([2H])c([2H])c7c([2H])c([2H])c([2H])c8c([2H])c([2H])c5c6c78)c4)c4c([2H])c([2H])c(c1[2H])c2c34. The predicted molar refractivity (Wildman–Crippen MR) is 216 cm³/mol. The molecule has 11 rings (SSSR count). The van der Waals surface area contributed by atoms with Crippen LogP contribution in [0.4, 0.5) is 0 Å². The molecule has 0 aliphatic carbocycles. The third-order valence-electron chi connectivity index (χ3n) is 9.51. The first kappa shape index (κ1) is 15.4. The summed E-state index contributed by atoms with van der Waals surface area (Å²) in [4.78, 5) is 0. The molecule has 50 heavy (non-hydrogen) atoms. The van der Waals surface area contributed by atoms with E-state index in [0.29, 0.717) is 11.1 Å². The maximum Gasteiger partial charge on any atom is 0.0630 e. The van der Waals surface area contributed by atoms with Crippen LogP contribution in [0.5, 0.6) is 0 Å². The van der Waals surface area contributed by atoms with E-state index in [-0.39, 0.29) is 86.9 Å². The molecule has 0 radical (unpaired) electrons. The molecule has 11 aromatic rings. The first-order valence-corrected chi connectivity index (χ1v) is 16.0. The van der Waals surface area contributed by atoms with Crippen LogP contribution in [0, 0.1) is 0 Å². The summed E-state index contributed by atoms with van der Waals surface area (Å²) in [5.41, 5.74) is 2.91. The summed E-state index contributed by atoms with van der Waals surface area (Å²) in [5.74, 6) is 0. The maximum absolute atomic E-state index is 9.71. The number of rotatable bonds is 4. The smallest absolute Gasteiger partial charge is 0.0622 e. The normalized spacial score (nSPS) is 17.0. The molecule has 0 spiro atoms. The summed E-state index contributed by atoms with van der Waals surface area (Å²) in [5, 5.41) is -1.61. The zero-order chi connectivity index (χ0) is 48.4. The quantitative estimate of drug-likeness (QED) is 0.167. The second-order valence-corrected chi connectivity index (χ2v) is 12.2. The second-order valence-electron chi connectivity index (χ2n) is 12.2. The Morgan fingerprint density at radius 1 is 0.280 bits per heavy atom. The lowest BCUT2D eigenvalue weighted by Crippen LogP contribution is -1.92. The van der Waals surface area contributed by atoms with Crippen LogP contribution in [0.3, 0.4) is 0 Å². The minimum absolute atomic E-state index is 0.0119. The first-order valence-electron chi connectivity index (χ1n) is 25.0. The molecule has 0 aliphatic heterocycles. The highest BCUT2D eigenvalue weighted by Crippen LogP contribution is 2.45. The second kappa shape index (κ2) is 10.5. The molecule has 0 saturated heterocycles. The van der Waals surface area contributed by atoms with Crippen LogP contribution in [0.1, 0.15) is 24.7 Å². The van der Waals surface area contributed by atoms with E-state index in [4.69, 9.17) is 13.7 Å². The van der Waals surface area contributed by atoms with Gasteiger partial charge in [-0.15, -0.1) is 0 Å². The fourth-order valence-corrected chi connectivity index (χ4v) is 7.17. The minimum Gasteiger partial charge on any atom is -0.0622 e. The molecular formula is C50H30. The largest absolute Gasteiger partial charge is 0.0630 e. The van der Waals surface area contributed by atoms with Crippen LogP contribution < -0.4 is 0 Å². The summed E-state index contributed by atoms with van der Waals surface area (Å²) in [7, 11) is 0. The lowest BCUT2D eigenvalue weighted by atomic mass is 9.84. The van der Waals surface area contributed by atoms with Crippen molar-refractivity contribution in [3.05, 3.63) is 182 Å². The van der Waals surface area contributed by atoms with Gasteiger partial charge in [-0.2, -0.15) is 0 Å². The van der Waals surface area contributed by atoms with E-state index >= 15 is 0 Å². The minimum atomic E-state index is -0.606. The summed E-state index contributed by atoms with van der Waals surface area (Å²) in [6.45, 7) is 0. The molecular weight excluding hydrogens is 601 g/mol. The number of hydrogen-bond acceptors (Lipinski definition) is 0. The van der Waals surface area contributed by atoms with Crippen LogP contribution in [0.25, 0.3) is 109 Å². The van der Waals surface area contributed by atoms with Crippen LogP contribution in [-0.2, 0) is 0 Å². The van der Waals surface area contributed by atoms with Crippen LogP contribution in [0.15, 0.2) is 182 Å². The molecule has 0 saturated carbocycles. The fraction of sp³-hybridized carbons (Fsp3) is 0. The lowest BCUT2D eigenvalue weighted by Gasteiger charge is -2.19. The summed E-state index contributed by atoms with van der Waals surface area (Å²) >= 11 is 0. The molecule has 0 unspecified atom stereocenters. The van der Waals surface area contributed by atoms with Gasteiger partial charge in [0, 0.05) is 0 Å². The van der Waals surface area contributed by atoms with Crippen molar-refractivity contribution in [2.75, 3.05) is 0 Å². The Kier molecular flexibility index (Phi) is 3.23. The molecule has 0 amide bonds. The third kappa shape index (κ3) is 4.00. The predicted octanol–water partition coefficient (Wildman–Crippen LogP) is 14.1. The van der Waals surface area contributed by atoms with Crippen molar-refractivity contribution in [3.8, 4) is 44.5 Å². The summed E-state index contributed by atoms with van der Waals surface area (Å²) < 4.78 is 164. The van der Waals surface area contributed by atoms with Crippen molar-refractivity contribution in [3.63, 3.8) is 0 Å². The van der Waals surface area contributed by atoms with E-state index in [9.17, 15) is 11.0 Å². The van der Waals surface area contributed by atoms with E-state index in [1.54, 1.807) is 12.1 Å². The van der Waals surface area contributed by atoms with Gasteiger partial charge in [0.1, 0.15) is 0 Å². The van der Waals surface area contributed by atoms with Gasteiger partial charge in [0.05, 0.1) is 24.7 Å². The van der Waals surface area contributed by atoms with Gasteiger partial charge in [-0.1, -0.05) is 175 Å². The molecule has 0 nitrogen and oxygen atoms in total. The van der Waals surface area contributed by atoms with E-state index in [2.05, 4.69) is 0 Å². The highest BCUT2D eigenvalue weighted by Gasteiger charge is 2.18. The zero-order valence-electron chi connectivity index (χ0n) is 43.9. The molecule has 0 atom stereocenters. The molecule has 0 aromatic heterocycles. The van der Waals surface area contributed by atoms with Crippen molar-refractivity contribution in [1.29, 1.82) is 0 Å². The average Bonchev–Trinajstić information content (AvgIpc) is 3.33. The third-order valence-corrected chi connectivity index (χ3v) is 9.51. The van der Waals surface area contributed by atoms with Gasteiger partial charge >= 0.3 is 0 Å². The topological polar surface area (TPSA) is 0 Å². The zero-order valence-corrected chi connectivity index (χ0v) is 25.9. The molecule has 0 N–H and O–H groups in total. The van der Waals surface area contributed by atoms with E-state index < -0.39 is 109 Å². The van der Waals surface area contributed by atoms with Gasteiger partial charge in [0.2, 0.25) is 0 Å². The lowest BCUT2D eigenvalue weighted by molar-refractivity contribution is 1.58. The molecule has 0 heteroatoms. The van der Waals surface area contributed by atoms with Gasteiger partial charge in [-0.05, 0) is 115 Å². The molecule has 0 bridgehead atoms. The Hall–Kier alpha value is -6.50. The van der Waals surface area contributed by atoms with Crippen molar-refractivity contribution in [2.45, 2.75) is 0 Å². The van der Waals surface area contributed by atoms with Crippen LogP contribution >= 0.6 is 0 Å². The van der Waals surface area contributed by atoms with Crippen LogP contribution in [-0.4, -0.2) is 0 Å². The van der Waals surface area contributed by atoms with Crippen molar-refractivity contribution < 1.29 is 24.7 Å². The van der Waals surface area contributed by atoms with E-state index in [0.717, 1.165) is 11.1 Å². The Bertz CT molecular complexity index is 4040. The highest BCUT2D eigenvalue weighted by atomic mass is 14.2. The van der Waals surface area contributed by atoms with Gasteiger partial charge in [0.15, 0.2) is 0 Å². The molecule has 11 aromatic carbocycles. The van der Waals surface area contributed by atoms with E-state index in [1.165, 1.54) is 6.07 Å². The van der Waals surface area contributed by atoms with Gasteiger partial charge in [0.25, 0.3) is 0 Å². The Balaban J connectivity index is 1.33. The monoisotopic (exact) mass is 648 g/mol. The van der Waals surface area contributed by atoms with Crippen LogP contribution in [0.2, 0.25) is 0 Å². The molecule has 0 heterocycles. The van der Waals surface area contributed by atoms with Crippen molar-refractivity contribution in [1.82, 2.24) is 0 Å². The van der Waals surface area contributed by atoms with Crippen molar-refractivity contribution >= 4 is 64.6 Å². The standard InChI is InChI=1S/C50H30/c1-2-6-31(7-3-1)32-12-14-33(15-13-32)41-26-24-40(42-25-20-38-18-16-34-8-4-10-36-22-28-44(42)49(38)47(34)36)30-46(41)43-27-21-39-19-17-35-9-5-11-37-23-29-45(43)50(39)48(35)37/h1-30H/i4D,5D,8D,9D,10D,11D,16D,17D,18D,19D,20D,21D,22D,23D,25D,27D,28D,29D. The Labute approximate surface area is 315 Å². The van der Waals surface area contributed by atoms with Gasteiger partial charge in [-0.25, -0.2) is 0 Å². The summed E-state index contributed by atoms with van der Waals surface area (Å²) in [6, 6.07) is 12.1. The van der Waals surface area contributed by atoms with E-state index in [1.807, 2.05) is 54.6 Å². The first-order chi connectivity index (χ1) is 32.3. The fourth-order valence-electron chi connectivity index (χ4n) is 7.17. The van der Waals surface area contributed by atoms with Gasteiger partial charge in [-0.3, -0.25) is 0 Å². The average molecular weight is 649 g/mol. The highest BCUT2D eigenvalue weighted by molar-refractivity contribution is 6.27. The van der Waals surface area contributed by atoms with Crippen molar-refractivity contribution in [2.24, 2.45) is 0 Å². The van der Waals surface area contributed by atoms with Gasteiger partial charge < -0.3 is 0 Å². The number of benzene rings is 11.